The van der Waals surface area contributed by atoms with Crippen molar-refractivity contribution in [1.82, 2.24) is 0 Å². The maximum atomic E-state index is 11.0. The lowest BCUT2D eigenvalue weighted by Crippen LogP contribution is -2.02. The Hall–Kier alpha value is -2.69. The Morgan fingerprint density at radius 3 is 2.30 bits per heavy atom. The van der Waals surface area contributed by atoms with Crippen molar-refractivity contribution in [3.63, 3.8) is 0 Å². The molecule has 5 heteroatoms. The molecular weight excluding hydrogens is 258 g/mol. The zero-order valence-electron chi connectivity index (χ0n) is 11.0. The lowest BCUT2D eigenvalue weighted by molar-refractivity contribution is 0.0697. The topological polar surface area (TPSA) is 81.8 Å². The summed E-state index contributed by atoms with van der Waals surface area (Å²) in [7, 11) is 0. The number of anilines is 1. The molecule has 0 saturated carbocycles. The Morgan fingerprint density at radius 2 is 1.70 bits per heavy atom. The monoisotopic (exact) mass is 273 g/mol. The van der Waals surface area contributed by atoms with Gasteiger partial charge in [-0.25, -0.2) is 4.79 Å². The molecule has 0 bridgehead atoms. The van der Waals surface area contributed by atoms with E-state index in [4.69, 9.17) is 20.3 Å². The van der Waals surface area contributed by atoms with Gasteiger partial charge in [-0.15, -0.1) is 0 Å². The standard InChI is InChI=1S/C15H15NO4/c1-2-19-10-3-5-11(6-4-10)20-12-7-8-14(16)13(9-12)15(17)18/h3-9H,2,16H2,1H3,(H,17,18). The second kappa shape index (κ2) is 5.97. The number of nitrogen functional groups attached to an aromatic ring is 1. The van der Waals surface area contributed by atoms with Crippen LogP contribution in [0, 0.1) is 0 Å². The van der Waals surface area contributed by atoms with Crippen LogP contribution in [0.25, 0.3) is 0 Å². The molecule has 0 amide bonds. The van der Waals surface area contributed by atoms with Crippen molar-refractivity contribution in [2.45, 2.75) is 6.92 Å². The third-order valence-electron chi connectivity index (χ3n) is 2.63. The molecule has 0 radical (unpaired) electrons. The predicted octanol–water partition coefficient (Wildman–Crippen LogP) is 3.16. The quantitative estimate of drug-likeness (QED) is 0.818. The van der Waals surface area contributed by atoms with Crippen LogP contribution in [-0.2, 0) is 0 Å². The fourth-order valence-electron chi connectivity index (χ4n) is 1.69. The number of benzene rings is 2. The lowest BCUT2D eigenvalue weighted by atomic mass is 10.2. The van der Waals surface area contributed by atoms with Gasteiger partial charge in [0.15, 0.2) is 0 Å². The highest BCUT2D eigenvalue weighted by Gasteiger charge is 2.09. The average Bonchev–Trinajstić information content (AvgIpc) is 2.43. The summed E-state index contributed by atoms with van der Waals surface area (Å²) in [6.45, 7) is 2.51. The van der Waals surface area contributed by atoms with Crippen LogP contribution in [0.4, 0.5) is 5.69 Å². The molecule has 5 nitrogen and oxygen atoms in total. The Kier molecular flexibility index (Phi) is 4.10. The smallest absolute Gasteiger partial charge is 0.337 e. The molecule has 0 saturated heterocycles. The molecule has 0 aliphatic carbocycles. The van der Waals surface area contributed by atoms with Gasteiger partial charge in [0.1, 0.15) is 17.2 Å². The van der Waals surface area contributed by atoms with Crippen LogP contribution in [-0.4, -0.2) is 17.7 Å². The van der Waals surface area contributed by atoms with Crippen LogP contribution >= 0.6 is 0 Å². The summed E-state index contributed by atoms with van der Waals surface area (Å²) in [4.78, 5) is 11.0. The van der Waals surface area contributed by atoms with Gasteiger partial charge in [0, 0.05) is 5.69 Å². The molecule has 0 fully saturated rings. The number of carboxylic acid groups (broad SMARTS) is 1. The third-order valence-corrected chi connectivity index (χ3v) is 2.63. The lowest BCUT2D eigenvalue weighted by Gasteiger charge is -2.09. The van der Waals surface area contributed by atoms with Crippen molar-refractivity contribution in [2.75, 3.05) is 12.3 Å². The van der Waals surface area contributed by atoms with Crippen LogP contribution in [0.3, 0.4) is 0 Å². The SMILES string of the molecule is CCOc1ccc(Oc2ccc(N)c(C(=O)O)c2)cc1. The van der Waals surface area contributed by atoms with Crippen molar-refractivity contribution in [1.29, 1.82) is 0 Å². The Bertz CT molecular complexity index is 608. The van der Waals surface area contributed by atoms with Gasteiger partial charge in [-0.05, 0) is 49.4 Å². The van der Waals surface area contributed by atoms with Crippen LogP contribution in [0.1, 0.15) is 17.3 Å². The average molecular weight is 273 g/mol. The molecule has 0 unspecified atom stereocenters. The number of carbonyl (C=O) groups is 1. The van der Waals surface area contributed by atoms with E-state index in [0.717, 1.165) is 5.75 Å². The number of ether oxygens (including phenoxy) is 2. The van der Waals surface area contributed by atoms with Gasteiger partial charge in [0.25, 0.3) is 0 Å². The van der Waals surface area contributed by atoms with Crippen molar-refractivity contribution in [3.05, 3.63) is 48.0 Å². The zero-order chi connectivity index (χ0) is 14.5. The van der Waals surface area contributed by atoms with Gasteiger partial charge in [0.05, 0.1) is 12.2 Å². The van der Waals surface area contributed by atoms with Crippen LogP contribution in [0.5, 0.6) is 17.2 Å². The summed E-state index contributed by atoms with van der Waals surface area (Å²) in [5.74, 6) is 0.679. The van der Waals surface area contributed by atoms with E-state index in [2.05, 4.69) is 0 Å². The zero-order valence-corrected chi connectivity index (χ0v) is 11.0. The van der Waals surface area contributed by atoms with Crippen molar-refractivity contribution in [3.8, 4) is 17.2 Å². The summed E-state index contributed by atoms with van der Waals surface area (Å²) in [6.07, 6.45) is 0. The molecule has 0 heterocycles. The van der Waals surface area contributed by atoms with Crippen molar-refractivity contribution < 1.29 is 19.4 Å². The van der Waals surface area contributed by atoms with E-state index in [1.807, 2.05) is 6.92 Å². The van der Waals surface area contributed by atoms with Gasteiger partial charge in [0.2, 0.25) is 0 Å². The first-order valence-corrected chi connectivity index (χ1v) is 6.13. The minimum absolute atomic E-state index is 0.0217. The summed E-state index contributed by atoms with van der Waals surface area (Å²) in [6, 6.07) is 11.6. The number of rotatable bonds is 5. The maximum Gasteiger partial charge on any atom is 0.337 e. The minimum Gasteiger partial charge on any atom is -0.494 e. The van der Waals surface area contributed by atoms with Gasteiger partial charge < -0.3 is 20.3 Å². The second-order valence-corrected chi connectivity index (χ2v) is 4.06. The van der Waals surface area contributed by atoms with Crippen molar-refractivity contribution in [2.24, 2.45) is 0 Å². The maximum absolute atomic E-state index is 11.0. The van der Waals surface area contributed by atoms with E-state index in [1.165, 1.54) is 12.1 Å². The molecule has 2 aromatic rings. The molecule has 0 spiro atoms. The van der Waals surface area contributed by atoms with Crippen LogP contribution < -0.4 is 15.2 Å². The van der Waals surface area contributed by atoms with Crippen LogP contribution in [0.2, 0.25) is 0 Å². The fourth-order valence-corrected chi connectivity index (χ4v) is 1.69. The molecule has 2 aromatic carbocycles. The molecule has 20 heavy (non-hydrogen) atoms. The molecule has 104 valence electrons. The molecule has 3 N–H and O–H groups in total. The highest BCUT2D eigenvalue weighted by atomic mass is 16.5. The van der Waals surface area contributed by atoms with Gasteiger partial charge in [-0.3, -0.25) is 0 Å². The molecule has 0 atom stereocenters. The first kappa shape index (κ1) is 13.7. The number of hydrogen-bond donors (Lipinski definition) is 2. The second-order valence-electron chi connectivity index (χ2n) is 4.06. The third kappa shape index (κ3) is 3.20. The number of nitrogens with two attached hydrogens (primary N) is 1. The largest absolute Gasteiger partial charge is 0.494 e. The van der Waals surface area contributed by atoms with Gasteiger partial charge >= 0.3 is 5.97 Å². The highest BCUT2D eigenvalue weighted by Crippen LogP contribution is 2.26. The fraction of sp³-hybridized carbons (Fsp3) is 0.133. The normalized spacial score (nSPS) is 10.1. The summed E-state index contributed by atoms with van der Waals surface area (Å²) < 4.78 is 10.9. The number of aromatic carboxylic acids is 1. The van der Waals surface area contributed by atoms with E-state index in [1.54, 1.807) is 30.3 Å². The minimum atomic E-state index is -1.08. The van der Waals surface area contributed by atoms with Gasteiger partial charge in [-0.1, -0.05) is 0 Å². The molecule has 0 aliphatic rings. The molecule has 2 rings (SSSR count). The highest BCUT2D eigenvalue weighted by molar-refractivity contribution is 5.94. The molecule has 0 aliphatic heterocycles. The van der Waals surface area contributed by atoms with E-state index >= 15 is 0 Å². The predicted molar refractivity (Wildman–Crippen MR) is 75.5 cm³/mol. The number of hydrogen-bond acceptors (Lipinski definition) is 4. The van der Waals surface area contributed by atoms with E-state index < -0.39 is 5.97 Å². The summed E-state index contributed by atoms with van der Waals surface area (Å²) in [5.41, 5.74) is 5.81. The molecule has 0 aromatic heterocycles. The van der Waals surface area contributed by atoms with E-state index in [9.17, 15) is 4.79 Å². The molecular formula is C15H15NO4. The summed E-state index contributed by atoms with van der Waals surface area (Å²) >= 11 is 0. The first-order chi connectivity index (χ1) is 9.60. The first-order valence-electron chi connectivity index (χ1n) is 6.13. The summed E-state index contributed by atoms with van der Waals surface area (Å²) in [5, 5.41) is 9.00. The Labute approximate surface area is 116 Å². The Morgan fingerprint density at radius 1 is 1.10 bits per heavy atom. The van der Waals surface area contributed by atoms with E-state index in [0.29, 0.717) is 18.1 Å². The number of carboxylic acids is 1. The van der Waals surface area contributed by atoms with Crippen molar-refractivity contribution >= 4 is 11.7 Å². The van der Waals surface area contributed by atoms with Crippen LogP contribution in [0.15, 0.2) is 42.5 Å². The Balaban J connectivity index is 2.17. The van der Waals surface area contributed by atoms with Gasteiger partial charge in [-0.2, -0.15) is 0 Å². The van der Waals surface area contributed by atoms with E-state index in [-0.39, 0.29) is 11.3 Å².